The van der Waals surface area contributed by atoms with Gasteiger partial charge in [-0.3, -0.25) is 4.57 Å². The fourth-order valence-corrected chi connectivity index (χ4v) is 13.4. The van der Waals surface area contributed by atoms with Crippen LogP contribution in [0.15, 0.2) is 29.2 Å². The molecule has 1 aromatic heterocycles. The Labute approximate surface area is 235 Å². The van der Waals surface area contributed by atoms with Crippen LogP contribution in [0.4, 0.5) is 10.2 Å². The maximum atomic E-state index is 16.0. The van der Waals surface area contributed by atoms with Crippen molar-refractivity contribution in [3.8, 4) is 0 Å². The molecule has 2 saturated heterocycles. The van der Waals surface area contributed by atoms with E-state index in [0.717, 1.165) is 23.8 Å². The highest BCUT2D eigenvalue weighted by Gasteiger charge is 2.55. The van der Waals surface area contributed by atoms with E-state index in [-0.39, 0.29) is 28.3 Å². The van der Waals surface area contributed by atoms with E-state index >= 15 is 4.39 Å². The summed E-state index contributed by atoms with van der Waals surface area (Å²) < 4.78 is 42.4. The van der Waals surface area contributed by atoms with Gasteiger partial charge >= 0.3 is 5.69 Å². The molecule has 38 heavy (non-hydrogen) atoms. The molecule has 4 rings (SSSR count). The van der Waals surface area contributed by atoms with Gasteiger partial charge in [0, 0.05) is 10.9 Å². The Morgan fingerprint density at radius 1 is 1.47 bits per heavy atom. The van der Waals surface area contributed by atoms with Crippen molar-refractivity contribution in [3.05, 3.63) is 34.9 Å². The first-order valence-corrected chi connectivity index (χ1v) is 20.0. The Kier molecular flexibility index (Phi) is 8.53. The number of nitrogens with zero attached hydrogens (tertiary/aromatic N) is 2. The summed E-state index contributed by atoms with van der Waals surface area (Å²) in [4.78, 5) is 16.3. The smallest absolute Gasteiger partial charge is 0.351 e. The number of nitrogens with two attached hydrogens (primary N) is 1. The van der Waals surface area contributed by atoms with Crippen molar-refractivity contribution in [3.63, 3.8) is 0 Å². The molecule has 0 radical (unpaired) electrons. The van der Waals surface area contributed by atoms with Gasteiger partial charge in [-0.2, -0.15) is 4.98 Å². The Bertz CT molecular complexity index is 1180. The summed E-state index contributed by atoms with van der Waals surface area (Å²) in [6, 6.07) is 1.44. The van der Waals surface area contributed by atoms with Crippen LogP contribution in [-0.2, 0) is 30.0 Å². The fourth-order valence-electron chi connectivity index (χ4n) is 4.94. The van der Waals surface area contributed by atoms with E-state index in [1.165, 1.54) is 17.8 Å². The highest BCUT2D eigenvalue weighted by molar-refractivity contribution is 8.68. The lowest BCUT2D eigenvalue weighted by atomic mass is 9.77. The van der Waals surface area contributed by atoms with Crippen molar-refractivity contribution in [2.75, 3.05) is 12.3 Å². The van der Waals surface area contributed by atoms with Crippen LogP contribution < -0.4 is 11.4 Å². The summed E-state index contributed by atoms with van der Waals surface area (Å²) in [5.74, 6) is 0.473. The Morgan fingerprint density at radius 2 is 2.16 bits per heavy atom. The van der Waals surface area contributed by atoms with E-state index in [9.17, 15) is 4.79 Å². The lowest BCUT2D eigenvalue weighted by Gasteiger charge is -2.39. The number of allylic oxidation sites excluding steroid dienone is 1. The van der Waals surface area contributed by atoms with Crippen LogP contribution >= 0.6 is 17.1 Å². The summed E-state index contributed by atoms with van der Waals surface area (Å²) in [5, 5.41) is -0.156. The quantitative estimate of drug-likeness (QED) is 0.229. The Morgan fingerprint density at radius 3 is 2.76 bits per heavy atom. The average Bonchev–Trinajstić information content (AvgIpc) is 3.23. The highest BCUT2D eigenvalue weighted by atomic mass is 32.9. The van der Waals surface area contributed by atoms with E-state index < -0.39 is 44.3 Å². The summed E-state index contributed by atoms with van der Waals surface area (Å²) in [6.45, 7) is 18.8. The predicted molar refractivity (Wildman–Crippen MR) is 157 cm³/mol. The minimum Gasteiger partial charge on any atom is -0.408 e. The highest BCUT2D eigenvalue weighted by Crippen LogP contribution is 2.75. The molecule has 3 fully saturated rings. The molecule has 3 heterocycles. The van der Waals surface area contributed by atoms with Crippen LogP contribution in [0.25, 0.3) is 0 Å². The molecule has 0 aromatic carbocycles. The van der Waals surface area contributed by atoms with Gasteiger partial charge in [-0.15, -0.1) is 0 Å². The molecule has 0 bridgehead atoms. The van der Waals surface area contributed by atoms with Gasteiger partial charge in [0.15, 0.2) is 20.7 Å². The Balaban J connectivity index is 1.55. The van der Waals surface area contributed by atoms with Gasteiger partial charge in [0.1, 0.15) is 18.0 Å². The number of fused-ring (bicyclic) bond motifs is 1. The second-order valence-electron chi connectivity index (χ2n) is 12.5. The zero-order valence-corrected chi connectivity index (χ0v) is 26.8. The van der Waals surface area contributed by atoms with Gasteiger partial charge in [-0.1, -0.05) is 44.3 Å². The normalized spacial score (nSPS) is 37.8. The minimum absolute atomic E-state index is 0.00432. The lowest BCUT2D eigenvalue weighted by molar-refractivity contribution is -0.0439. The molecule has 8 atom stereocenters. The van der Waals surface area contributed by atoms with Crippen molar-refractivity contribution >= 4 is 43.0 Å². The largest absolute Gasteiger partial charge is 0.408 e. The van der Waals surface area contributed by atoms with Gasteiger partial charge in [-0.25, -0.2) is 9.18 Å². The SMILES string of the molecule is C=C(C)[C@H]1CC[C@@]2(C)S[P@](=S)(OC[C@H]3O[C@@H](n4ccc(N)nc4=O)[C@H](F)[C@@H]3O[Si](C)(C)C(C)(C)C)O[C@@H]2C1. The molecule has 0 amide bonds. The first-order chi connectivity index (χ1) is 17.4. The number of nitrogen functional groups attached to an aromatic ring is 1. The third kappa shape index (κ3) is 6.03. The van der Waals surface area contributed by atoms with Crippen molar-refractivity contribution in [1.82, 2.24) is 9.55 Å². The van der Waals surface area contributed by atoms with E-state index in [2.05, 4.69) is 59.3 Å². The third-order valence-corrected chi connectivity index (χ3v) is 18.8. The molecule has 1 aliphatic carbocycles. The number of halogens is 1. The average molecular weight is 606 g/mol. The second-order valence-corrected chi connectivity index (χ2v) is 23.8. The summed E-state index contributed by atoms with van der Waals surface area (Å²) in [6.07, 6.45) is -0.270. The van der Waals surface area contributed by atoms with Crippen LogP contribution in [-0.4, -0.2) is 53.7 Å². The molecule has 13 heteroatoms. The van der Waals surface area contributed by atoms with E-state index in [4.69, 9.17) is 35.8 Å². The summed E-state index contributed by atoms with van der Waals surface area (Å²) in [5.41, 5.74) is 3.41. The number of hydrogen-bond acceptors (Lipinski definition) is 9. The maximum Gasteiger partial charge on any atom is 0.351 e. The van der Waals surface area contributed by atoms with Crippen molar-refractivity contribution < 1.29 is 22.6 Å². The molecule has 2 aliphatic heterocycles. The molecule has 1 saturated carbocycles. The number of rotatable bonds is 7. The number of hydrogen-bond donors (Lipinski definition) is 1. The summed E-state index contributed by atoms with van der Waals surface area (Å²) in [7, 11) is -2.40. The number of alkyl halides is 1. The molecule has 2 N–H and O–H groups in total. The monoisotopic (exact) mass is 605 g/mol. The van der Waals surface area contributed by atoms with E-state index in [1.54, 1.807) is 11.4 Å². The van der Waals surface area contributed by atoms with Crippen LogP contribution in [0.3, 0.4) is 0 Å². The number of aromatic nitrogens is 2. The van der Waals surface area contributed by atoms with Crippen LogP contribution in [0.2, 0.25) is 18.1 Å². The predicted octanol–water partition coefficient (Wildman–Crippen LogP) is 5.96. The molecule has 0 spiro atoms. The molecule has 8 nitrogen and oxygen atoms in total. The fraction of sp³-hybridized carbons (Fsp3) is 0.760. The van der Waals surface area contributed by atoms with Crippen molar-refractivity contribution in [2.24, 2.45) is 5.92 Å². The van der Waals surface area contributed by atoms with E-state index in [1.807, 2.05) is 0 Å². The van der Waals surface area contributed by atoms with Crippen LogP contribution in [0, 0.1) is 5.92 Å². The van der Waals surface area contributed by atoms with Gasteiger partial charge in [-0.05, 0) is 75.0 Å². The topological polar surface area (TPSA) is 97.8 Å². The minimum atomic E-state index is -2.71. The van der Waals surface area contributed by atoms with Gasteiger partial charge in [0.05, 0.1) is 12.7 Å². The molecule has 1 aromatic rings. The lowest BCUT2D eigenvalue weighted by Crippen LogP contribution is -2.49. The first kappa shape index (κ1) is 30.4. The van der Waals surface area contributed by atoms with E-state index in [0.29, 0.717) is 5.92 Å². The van der Waals surface area contributed by atoms with Gasteiger partial charge < -0.3 is 23.9 Å². The van der Waals surface area contributed by atoms with Gasteiger partial charge in [0.25, 0.3) is 0 Å². The molecule has 3 aliphatic rings. The summed E-state index contributed by atoms with van der Waals surface area (Å²) >= 11 is 7.54. The second kappa shape index (κ2) is 10.7. The Hall–Kier alpha value is -0.593. The van der Waals surface area contributed by atoms with Gasteiger partial charge in [0.2, 0.25) is 5.69 Å². The number of anilines is 1. The van der Waals surface area contributed by atoms with Crippen LogP contribution in [0.5, 0.6) is 0 Å². The first-order valence-electron chi connectivity index (χ1n) is 13.1. The maximum absolute atomic E-state index is 16.0. The molecule has 214 valence electrons. The number of ether oxygens (including phenoxy) is 1. The zero-order valence-electron chi connectivity index (χ0n) is 23.3. The third-order valence-electron chi connectivity index (χ3n) is 8.47. The van der Waals surface area contributed by atoms with Crippen LogP contribution in [0.1, 0.15) is 60.1 Å². The molecule has 0 unspecified atom stereocenters. The molecular formula is C25H41FN3O5PS2Si. The molecular weight excluding hydrogens is 564 g/mol. The zero-order chi connectivity index (χ0) is 28.3. The van der Waals surface area contributed by atoms with Crippen molar-refractivity contribution in [2.45, 2.75) is 107 Å². The standard InChI is InChI=1S/C25H41FN3O5PS2Si/c1-15(2)16-9-11-25(6)18(13-16)33-35(36,37-25)31-14-17-21(34-38(7,8)24(3,4)5)20(26)22(32-17)29-12-10-19(27)28-23(29)30/h10,12,16-18,20-22H,1,9,11,13-14H2,2-8H3,(H2,27,28,30)/t16-,17+,18+,20+,21+,22+,25+,35+/m0/s1. The van der Waals surface area contributed by atoms with Crippen molar-refractivity contribution in [1.29, 1.82) is 0 Å².